The second kappa shape index (κ2) is 3.46. The minimum absolute atomic E-state index is 0.494. The highest BCUT2D eigenvalue weighted by atomic mass is 32.1. The van der Waals surface area contributed by atoms with Crippen LogP contribution in [0.25, 0.3) is 0 Å². The lowest BCUT2D eigenvalue weighted by Crippen LogP contribution is -2.33. The van der Waals surface area contributed by atoms with E-state index in [4.69, 9.17) is 9.84 Å². The first-order valence-electron chi connectivity index (χ1n) is 4.51. The number of carboxylic acids is 1. The number of aliphatic hydroxyl groups excluding tert-OH is 1. The molecule has 1 aliphatic carbocycles. The van der Waals surface area contributed by atoms with Gasteiger partial charge in [0, 0.05) is 16.5 Å². The lowest BCUT2D eigenvalue weighted by molar-refractivity contribution is -0.148. The first kappa shape index (κ1) is 10.4. The van der Waals surface area contributed by atoms with Crippen molar-refractivity contribution in [2.75, 3.05) is 7.11 Å². The van der Waals surface area contributed by atoms with E-state index in [1.807, 2.05) is 0 Å². The molecule has 1 aromatic rings. The van der Waals surface area contributed by atoms with Crippen LogP contribution >= 0.6 is 11.3 Å². The van der Waals surface area contributed by atoms with Crippen molar-refractivity contribution in [1.29, 1.82) is 0 Å². The van der Waals surface area contributed by atoms with Gasteiger partial charge in [0.05, 0.1) is 7.11 Å². The van der Waals surface area contributed by atoms with E-state index in [0.717, 1.165) is 4.88 Å². The number of ether oxygens (including phenoxy) is 1. The number of thiazole rings is 1. The molecule has 2 N–H and O–H groups in total. The number of rotatable bonds is 4. The molecular weight excluding hydrogens is 218 g/mol. The summed E-state index contributed by atoms with van der Waals surface area (Å²) >= 11 is 1.29. The SMILES string of the molecule is COc1ncc(C2(C(O)C(=O)O)CC2)s1. The number of carbonyl (C=O) groups is 1. The molecular formula is C9H11NO4S. The van der Waals surface area contributed by atoms with Crippen LogP contribution in [0, 0.1) is 0 Å². The number of hydrogen-bond donors (Lipinski definition) is 2. The predicted octanol–water partition coefficient (Wildman–Crippen LogP) is 0.629. The summed E-state index contributed by atoms with van der Waals surface area (Å²) in [6, 6.07) is 0. The summed E-state index contributed by atoms with van der Waals surface area (Å²) in [6.07, 6.45) is 1.61. The fraction of sp³-hybridized carbons (Fsp3) is 0.556. The molecule has 2 rings (SSSR count). The van der Waals surface area contributed by atoms with Gasteiger partial charge in [-0.15, -0.1) is 0 Å². The molecule has 1 unspecified atom stereocenters. The van der Waals surface area contributed by atoms with Crippen LogP contribution < -0.4 is 4.74 Å². The highest BCUT2D eigenvalue weighted by Gasteiger charge is 2.54. The standard InChI is InChI=1S/C9H11NO4S/c1-14-8-10-4-5(15-8)9(2-3-9)6(11)7(12)13/h4,6,11H,2-3H2,1H3,(H,12,13). The number of aromatic nitrogens is 1. The molecule has 1 aromatic heterocycles. The van der Waals surface area contributed by atoms with Gasteiger partial charge in [-0.3, -0.25) is 0 Å². The number of carboxylic acid groups (broad SMARTS) is 1. The van der Waals surface area contributed by atoms with Crippen molar-refractivity contribution in [1.82, 2.24) is 4.98 Å². The molecule has 0 spiro atoms. The van der Waals surface area contributed by atoms with Crippen LogP contribution in [0.5, 0.6) is 5.19 Å². The third kappa shape index (κ3) is 1.59. The molecule has 0 bridgehead atoms. The molecule has 82 valence electrons. The van der Waals surface area contributed by atoms with E-state index in [1.54, 1.807) is 6.20 Å². The van der Waals surface area contributed by atoms with Crippen molar-refractivity contribution in [3.8, 4) is 5.19 Å². The fourth-order valence-corrected chi connectivity index (χ4v) is 2.61. The van der Waals surface area contributed by atoms with Gasteiger partial charge < -0.3 is 14.9 Å². The molecule has 0 saturated heterocycles. The van der Waals surface area contributed by atoms with Crippen molar-refractivity contribution in [2.45, 2.75) is 24.4 Å². The zero-order valence-corrected chi connectivity index (χ0v) is 8.95. The van der Waals surface area contributed by atoms with Crippen LogP contribution in [-0.4, -0.2) is 34.4 Å². The maximum Gasteiger partial charge on any atom is 0.333 e. The van der Waals surface area contributed by atoms with E-state index in [9.17, 15) is 9.90 Å². The highest BCUT2D eigenvalue weighted by molar-refractivity contribution is 7.13. The van der Waals surface area contributed by atoms with Crippen LogP contribution in [0.1, 0.15) is 17.7 Å². The van der Waals surface area contributed by atoms with Gasteiger partial charge in [-0.1, -0.05) is 11.3 Å². The highest BCUT2D eigenvalue weighted by Crippen LogP contribution is 2.53. The largest absolute Gasteiger partial charge is 0.479 e. The van der Waals surface area contributed by atoms with Crippen molar-refractivity contribution in [3.05, 3.63) is 11.1 Å². The summed E-state index contributed by atoms with van der Waals surface area (Å²) in [4.78, 5) is 15.5. The van der Waals surface area contributed by atoms with E-state index in [-0.39, 0.29) is 0 Å². The molecule has 0 aliphatic heterocycles. The monoisotopic (exact) mass is 229 g/mol. The van der Waals surface area contributed by atoms with Crippen LogP contribution in [-0.2, 0) is 10.2 Å². The molecule has 6 heteroatoms. The molecule has 15 heavy (non-hydrogen) atoms. The molecule has 0 amide bonds. The van der Waals surface area contributed by atoms with Gasteiger partial charge in [0.25, 0.3) is 5.19 Å². The summed E-state index contributed by atoms with van der Waals surface area (Å²) in [5.41, 5.74) is -0.625. The van der Waals surface area contributed by atoms with E-state index in [2.05, 4.69) is 4.98 Å². The number of methoxy groups -OCH3 is 1. The Kier molecular flexibility index (Phi) is 2.40. The quantitative estimate of drug-likeness (QED) is 0.791. The Bertz CT molecular complexity index is 385. The first-order valence-corrected chi connectivity index (χ1v) is 5.33. The Hall–Kier alpha value is -1.14. The molecule has 1 heterocycles. The second-order valence-electron chi connectivity index (χ2n) is 3.59. The molecule has 1 saturated carbocycles. The zero-order chi connectivity index (χ0) is 11.1. The molecule has 1 atom stereocenters. The van der Waals surface area contributed by atoms with Crippen molar-refractivity contribution in [2.24, 2.45) is 0 Å². The van der Waals surface area contributed by atoms with Crippen molar-refractivity contribution in [3.63, 3.8) is 0 Å². The zero-order valence-electron chi connectivity index (χ0n) is 8.14. The topological polar surface area (TPSA) is 79.7 Å². The van der Waals surface area contributed by atoms with Crippen LogP contribution in [0.4, 0.5) is 0 Å². The Labute approximate surface area is 90.3 Å². The molecule has 1 aliphatic rings. The molecule has 0 radical (unpaired) electrons. The molecule has 0 aromatic carbocycles. The van der Waals surface area contributed by atoms with Crippen LogP contribution in [0.2, 0.25) is 0 Å². The maximum absolute atomic E-state index is 10.7. The lowest BCUT2D eigenvalue weighted by atomic mass is 9.98. The van der Waals surface area contributed by atoms with E-state index in [0.29, 0.717) is 18.0 Å². The van der Waals surface area contributed by atoms with Crippen LogP contribution in [0.3, 0.4) is 0 Å². The van der Waals surface area contributed by atoms with Gasteiger partial charge in [0.2, 0.25) is 0 Å². The Morgan fingerprint density at radius 3 is 2.80 bits per heavy atom. The predicted molar refractivity (Wildman–Crippen MR) is 53.2 cm³/mol. The van der Waals surface area contributed by atoms with E-state index < -0.39 is 17.5 Å². The number of nitrogens with zero attached hydrogens (tertiary/aromatic N) is 1. The Morgan fingerprint density at radius 1 is 1.73 bits per heavy atom. The van der Waals surface area contributed by atoms with Crippen molar-refractivity contribution >= 4 is 17.3 Å². The third-order valence-corrected chi connectivity index (χ3v) is 3.87. The minimum atomic E-state index is -1.34. The van der Waals surface area contributed by atoms with Gasteiger partial charge in [-0.05, 0) is 12.8 Å². The maximum atomic E-state index is 10.7. The molecule has 5 nitrogen and oxygen atoms in total. The van der Waals surface area contributed by atoms with Gasteiger partial charge in [-0.25, -0.2) is 9.78 Å². The smallest absolute Gasteiger partial charge is 0.333 e. The Balaban J connectivity index is 2.26. The number of hydrogen-bond acceptors (Lipinski definition) is 5. The van der Waals surface area contributed by atoms with Gasteiger partial charge in [0.1, 0.15) is 0 Å². The molecule has 1 fully saturated rings. The summed E-state index contributed by atoms with van der Waals surface area (Å²) in [7, 11) is 1.51. The van der Waals surface area contributed by atoms with Gasteiger partial charge in [0.15, 0.2) is 6.10 Å². The minimum Gasteiger partial charge on any atom is -0.479 e. The third-order valence-electron chi connectivity index (χ3n) is 2.70. The number of aliphatic carboxylic acids is 1. The normalized spacial score (nSPS) is 19.6. The van der Waals surface area contributed by atoms with Gasteiger partial charge >= 0.3 is 5.97 Å². The summed E-state index contributed by atoms with van der Waals surface area (Å²) in [5, 5.41) is 18.9. The van der Waals surface area contributed by atoms with Crippen LogP contribution in [0.15, 0.2) is 6.20 Å². The second-order valence-corrected chi connectivity index (χ2v) is 4.58. The van der Waals surface area contributed by atoms with E-state index >= 15 is 0 Å². The number of aliphatic hydroxyl groups is 1. The average Bonchev–Trinajstić information content (AvgIpc) is 2.88. The average molecular weight is 229 g/mol. The van der Waals surface area contributed by atoms with E-state index in [1.165, 1.54) is 18.4 Å². The first-order chi connectivity index (χ1) is 7.10. The summed E-state index contributed by atoms with van der Waals surface area (Å²) in [6.45, 7) is 0. The Morgan fingerprint density at radius 2 is 2.40 bits per heavy atom. The summed E-state index contributed by atoms with van der Waals surface area (Å²) in [5.74, 6) is -1.18. The summed E-state index contributed by atoms with van der Waals surface area (Å²) < 4.78 is 4.94. The lowest BCUT2D eigenvalue weighted by Gasteiger charge is -2.15. The fourth-order valence-electron chi connectivity index (χ4n) is 1.61. The van der Waals surface area contributed by atoms with Gasteiger partial charge in [-0.2, -0.15) is 0 Å². The van der Waals surface area contributed by atoms with Crippen molar-refractivity contribution < 1.29 is 19.7 Å².